The lowest BCUT2D eigenvalue weighted by molar-refractivity contribution is -0.147. The Morgan fingerprint density at radius 2 is 0.889 bits per heavy atom. The molecule has 0 spiro atoms. The van der Waals surface area contributed by atoms with Crippen LogP contribution in [0.15, 0.2) is 43.7 Å². The minimum absolute atomic E-state index is 0.463. The van der Waals surface area contributed by atoms with E-state index in [0.29, 0.717) is 0 Å². The van der Waals surface area contributed by atoms with Gasteiger partial charge in [-0.25, -0.2) is 9.59 Å². The summed E-state index contributed by atoms with van der Waals surface area (Å²) in [7, 11) is 0. The lowest BCUT2D eigenvalue weighted by atomic mass is 10.1. The van der Waals surface area contributed by atoms with Crippen molar-refractivity contribution < 1.29 is 69.5 Å². The van der Waals surface area contributed by atoms with E-state index in [9.17, 15) is 79.2 Å². The Hall–Kier alpha value is -5.16. The maximum absolute atomic E-state index is 12.3. The summed E-state index contributed by atoms with van der Waals surface area (Å²) in [5.74, 6) is -5.23. The zero-order valence-electron chi connectivity index (χ0n) is 27.6. The van der Waals surface area contributed by atoms with Crippen LogP contribution in [0.4, 0.5) is 0 Å². The molecule has 2 saturated heterocycles. The molecular weight excluding hydrogens is 736 g/mol. The summed E-state index contributed by atoms with van der Waals surface area (Å²) in [6.45, 7) is -2.07. The maximum atomic E-state index is 12.3. The number of nitrogens with one attached hydrogen (secondary N) is 6. The number of aliphatic hydroxyl groups is 8. The molecule has 0 aromatic carbocycles. The molecule has 4 heterocycles. The van der Waals surface area contributed by atoms with Gasteiger partial charge < -0.3 is 71.6 Å². The normalized spacial score (nSPS) is 27.3. The Kier molecular flexibility index (Phi) is 13.7. The van der Waals surface area contributed by atoms with Crippen LogP contribution in [-0.4, -0.2) is 171 Å². The lowest BCUT2D eigenvalue weighted by Gasteiger charge is -2.20. The molecule has 0 radical (unpaired) electrons. The molecule has 0 aliphatic carbocycles. The third kappa shape index (κ3) is 9.49. The molecule has 26 nitrogen and oxygen atoms in total. The fourth-order valence-corrected chi connectivity index (χ4v) is 5.28. The molecule has 2 fully saturated rings. The van der Waals surface area contributed by atoms with Crippen LogP contribution in [0.3, 0.4) is 0 Å². The molecule has 26 heteroatoms. The number of nitrogens with zero attached hydrogens (tertiary/aromatic N) is 2. The average Bonchev–Trinajstić information content (AvgIpc) is 3.58. The van der Waals surface area contributed by atoms with Crippen molar-refractivity contribution in [3.63, 3.8) is 0 Å². The third-order valence-corrected chi connectivity index (χ3v) is 8.28. The van der Waals surface area contributed by atoms with Crippen molar-refractivity contribution in [3.05, 3.63) is 66.2 Å². The molecule has 298 valence electrons. The van der Waals surface area contributed by atoms with Crippen molar-refractivity contribution in [2.45, 2.75) is 73.5 Å². The molecule has 2 aliphatic heterocycles. The van der Waals surface area contributed by atoms with Gasteiger partial charge in [0, 0.05) is 50.7 Å². The third-order valence-electron chi connectivity index (χ3n) is 8.28. The molecule has 12 atom stereocenters. The van der Waals surface area contributed by atoms with Crippen LogP contribution >= 0.6 is 0 Å². The van der Waals surface area contributed by atoms with Crippen molar-refractivity contribution in [1.29, 1.82) is 0 Å². The summed E-state index contributed by atoms with van der Waals surface area (Å²) >= 11 is 0. The SMILES string of the molecule is O=C(NCCNC(=O)[C@@H](O)[C@H](O)C(=O)NC[C@H]1O[C@@H](n2ccc(=O)[nH]c2=O)[C@H](O)[C@@H]1O)[C@@H](O)[C@H](O)C(=O)NC[C@H]1O[C@@H](n2ccc(=O)[nH]c2=O)[C@H](O)[C@@H]1O. The molecule has 0 saturated carbocycles. The van der Waals surface area contributed by atoms with E-state index in [0.717, 1.165) is 33.7 Å². The summed E-state index contributed by atoms with van der Waals surface area (Å²) in [5, 5.41) is 89.8. The van der Waals surface area contributed by atoms with E-state index in [4.69, 9.17) is 9.47 Å². The van der Waals surface area contributed by atoms with E-state index in [-0.39, 0.29) is 0 Å². The van der Waals surface area contributed by atoms with E-state index >= 15 is 0 Å². The van der Waals surface area contributed by atoms with Gasteiger partial charge in [0.25, 0.3) is 34.7 Å². The second-order valence-electron chi connectivity index (χ2n) is 12.0. The first-order chi connectivity index (χ1) is 25.4. The van der Waals surface area contributed by atoms with Gasteiger partial charge in [-0.2, -0.15) is 0 Å². The molecule has 2 aromatic heterocycles. The first-order valence-corrected chi connectivity index (χ1v) is 15.9. The lowest BCUT2D eigenvalue weighted by Crippen LogP contribution is -2.53. The second-order valence-corrected chi connectivity index (χ2v) is 12.0. The molecule has 14 N–H and O–H groups in total. The second kappa shape index (κ2) is 17.8. The van der Waals surface area contributed by atoms with Gasteiger partial charge in [-0.15, -0.1) is 0 Å². The van der Waals surface area contributed by atoms with Crippen molar-refractivity contribution in [2.24, 2.45) is 0 Å². The van der Waals surface area contributed by atoms with Crippen LogP contribution in [0.5, 0.6) is 0 Å². The van der Waals surface area contributed by atoms with Crippen molar-refractivity contribution in [1.82, 2.24) is 40.4 Å². The Morgan fingerprint density at radius 1 is 0.574 bits per heavy atom. The number of aromatic nitrogens is 4. The zero-order valence-corrected chi connectivity index (χ0v) is 27.6. The number of amides is 4. The van der Waals surface area contributed by atoms with Gasteiger partial charge in [-0.1, -0.05) is 0 Å². The Balaban J connectivity index is 1.15. The van der Waals surface area contributed by atoms with Crippen LogP contribution in [0, 0.1) is 0 Å². The highest BCUT2D eigenvalue weighted by Gasteiger charge is 2.46. The summed E-state index contributed by atoms with van der Waals surface area (Å²) < 4.78 is 12.4. The van der Waals surface area contributed by atoms with E-state index in [1.165, 1.54) is 0 Å². The molecule has 54 heavy (non-hydrogen) atoms. The van der Waals surface area contributed by atoms with Crippen LogP contribution in [0.25, 0.3) is 0 Å². The molecule has 4 rings (SSSR count). The zero-order chi connectivity index (χ0) is 40.0. The topological polar surface area (TPSA) is 406 Å². The summed E-state index contributed by atoms with van der Waals surface area (Å²) in [6, 6.07) is 1.92. The molecule has 2 aliphatic rings. The predicted octanol–water partition coefficient (Wildman–Crippen LogP) is -10.8. The van der Waals surface area contributed by atoms with Crippen molar-refractivity contribution in [2.75, 3.05) is 26.2 Å². The fourth-order valence-electron chi connectivity index (χ4n) is 5.28. The Bertz CT molecular complexity index is 1780. The van der Waals surface area contributed by atoms with Crippen molar-refractivity contribution >= 4 is 23.6 Å². The molecule has 0 unspecified atom stereocenters. The monoisotopic (exact) mass is 774 g/mol. The van der Waals surface area contributed by atoms with Gasteiger partial charge in [-0.05, 0) is 0 Å². The minimum Gasteiger partial charge on any atom is -0.387 e. The van der Waals surface area contributed by atoms with E-state index < -0.39 is 146 Å². The number of aliphatic hydroxyl groups excluding tert-OH is 8. The number of H-pyrrole nitrogens is 2. The summed E-state index contributed by atoms with van der Waals surface area (Å²) in [4.78, 5) is 99.6. The minimum atomic E-state index is -2.37. The molecular formula is C28H38N8O18. The number of hydrogen-bond acceptors (Lipinski definition) is 18. The van der Waals surface area contributed by atoms with Gasteiger partial charge in [0.15, 0.2) is 36.9 Å². The van der Waals surface area contributed by atoms with Crippen LogP contribution in [0.2, 0.25) is 0 Å². The molecule has 2 aromatic rings. The maximum Gasteiger partial charge on any atom is 0.330 e. The largest absolute Gasteiger partial charge is 0.387 e. The average molecular weight is 775 g/mol. The highest BCUT2D eigenvalue weighted by atomic mass is 16.6. The smallest absolute Gasteiger partial charge is 0.330 e. The van der Waals surface area contributed by atoms with Gasteiger partial charge in [-0.3, -0.25) is 47.9 Å². The van der Waals surface area contributed by atoms with Gasteiger partial charge >= 0.3 is 11.4 Å². The van der Waals surface area contributed by atoms with E-state index in [2.05, 4.69) is 21.3 Å². The number of carbonyl (C=O) groups is 4. The van der Waals surface area contributed by atoms with Crippen LogP contribution in [-0.2, 0) is 28.7 Å². The number of rotatable bonds is 15. The van der Waals surface area contributed by atoms with E-state index in [1.54, 1.807) is 0 Å². The molecule has 4 amide bonds. The van der Waals surface area contributed by atoms with Crippen LogP contribution in [0.1, 0.15) is 12.5 Å². The standard InChI is InChI=1S/C28H38N8O18/c37-11-1-5-35(27(51)33-11)25-19(45)13(39)9(53-25)7-31-23(49)17(43)15(41)21(47)29-3-4-30-22(48)16(42)18(44)24(50)32-8-10-14(40)20(46)26(54-10)36-6-2-12(38)34-28(36)52/h1-2,5-6,9-10,13-20,25-26,39-46H,3-4,7-8H2,(H,29,47)(H,30,48)(H,31,49)(H,32,50)(H,33,37,51)(H,34,38,52)/t9-,10-,13-,14-,15+,16+,17+,18+,19-,20-,25-,26-/m1/s1. The van der Waals surface area contributed by atoms with E-state index in [1.807, 2.05) is 9.97 Å². The first kappa shape index (κ1) is 41.6. The molecule has 0 bridgehead atoms. The van der Waals surface area contributed by atoms with Crippen LogP contribution < -0.4 is 43.8 Å². The fraction of sp³-hybridized carbons (Fsp3) is 0.571. The number of carbonyl (C=O) groups excluding carboxylic acids is 4. The van der Waals surface area contributed by atoms with Crippen molar-refractivity contribution in [3.8, 4) is 0 Å². The number of hydrogen-bond donors (Lipinski definition) is 14. The summed E-state index contributed by atoms with van der Waals surface area (Å²) in [6.07, 6.45) is -19.7. The summed E-state index contributed by atoms with van der Waals surface area (Å²) in [5.41, 5.74) is -3.37. The predicted molar refractivity (Wildman–Crippen MR) is 171 cm³/mol. The highest BCUT2D eigenvalue weighted by molar-refractivity contribution is 5.91. The van der Waals surface area contributed by atoms with Gasteiger partial charge in [0.1, 0.15) is 36.6 Å². The van der Waals surface area contributed by atoms with Gasteiger partial charge in [0.05, 0.1) is 0 Å². The Morgan fingerprint density at radius 3 is 1.20 bits per heavy atom. The number of ether oxygens (including phenoxy) is 2. The highest BCUT2D eigenvalue weighted by Crippen LogP contribution is 2.29. The number of aromatic amines is 2. The quantitative estimate of drug-likeness (QED) is 0.0747. The Labute approximate surface area is 299 Å². The first-order valence-electron chi connectivity index (χ1n) is 15.9. The van der Waals surface area contributed by atoms with Gasteiger partial charge in [0.2, 0.25) is 0 Å².